The van der Waals surface area contributed by atoms with Crippen LogP contribution >= 0.6 is 0 Å². The zero-order valence-electron chi connectivity index (χ0n) is 10.8. The SMILES string of the molecule is CNc1ccc(C(=O)Nc2ccccc2C#N)cc1F. The number of nitrogens with one attached hydrogen (secondary N) is 2. The van der Waals surface area contributed by atoms with Gasteiger partial charge in [-0.15, -0.1) is 0 Å². The number of nitriles is 1. The quantitative estimate of drug-likeness (QED) is 0.900. The minimum atomic E-state index is -0.506. The Labute approximate surface area is 115 Å². The Balaban J connectivity index is 2.25. The van der Waals surface area contributed by atoms with E-state index in [2.05, 4.69) is 10.6 Å². The van der Waals surface area contributed by atoms with Crippen molar-refractivity contribution in [3.05, 3.63) is 59.4 Å². The van der Waals surface area contributed by atoms with E-state index >= 15 is 0 Å². The van der Waals surface area contributed by atoms with Gasteiger partial charge in [-0.1, -0.05) is 12.1 Å². The summed E-state index contributed by atoms with van der Waals surface area (Å²) in [4.78, 5) is 12.0. The first kappa shape index (κ1) is 13.6. The Morgan fingerprint density at radius 2 is 1.95 bits per heavy atom. The molecule has 1 amide bonds. The molecule has 0 aromatic heterocycles. The minimum Gasteiger partial charge on any atom is -0.386 e. The summed E-state index contributed by atoms with van der Waals surface area (Å²) in [5, 5.41) is 14.2. The van der Waals surface area contributed by atoms with E-state index < -0.39 is 11.7 Å². The highest BCUT2D eigenvalue weighted by molar-refractivity contribution is 6.05. The number of nitrogens with zero attached hydrogens (tertiary/aromatic N) is 1. The Bertz CT molecular complexity index is 692. The highest BCUT2D eigenvalue weighted by atomic mass is 19.1. The summed E-state index contributed by atoms with van der Waals surface area (Å²) < 4.78 is 13.6. The smallest absolute Gasteiger partial charge is 0.255 e. The monoisotopic (exact) mass is 269 g/mol. The maximum Gasteiger partial charge on any atom is 0.255 e. The van der Waals surface area contributed by atoms with Gasteiger partial charge in [0, 0.05) is 12.6 Å². The van der Waals surface area contributed by atoms with Gasteiger partial charge in [-0.3, -0.25) is 4.79 Å². The summed E-state index contributed by atoms with van der Waals surface area (Å²) in [5.41, 5.74) is 1.26. The Kier molecular flexibility index (Phi) is 3.96. The van der Waals surface area contributed by atoms with Crippen molar-refractivity contribution in [2.24, 2.45) is 0 Å². The van der Waals surface area contributed by atoms with Crippen molar-refractivity contribution < 1.29 is 9.18 Å². The molecule has 0 aliphatic carbocycles. The molecule has 0 saturated heterocycles. The van der Waals surface area contributed by atoms with Crippen LogP contribution in [0.3, 0.4) is 0 Å². The zero-order chi connectivity index (χ0) is 14.5. The van der Waals surface area contributed by atoms with E-state index in [0.717, 1.165) is 6.07 Å². The molecule has 0 atom stereocenters. The van der Waals surface area contributed by atoms with Crippen molar-refractivity contribution in [3.63, 3.8) is 0 Å². The maximum absolute atomic E-state index is 13.6. The molecule has 0 radical (unpaired) electrons. The third-order valence-electron chi connectivity index (χ3n) is 2.80. The van der Waals surface area contributed by atoms with E-state index in [1.165, 1.54) is 12.1 Å². The number of hydrogen-bond donors (Lipinski definition) is 2. The minimum absolute atomic E-state index is 0.189. The maximum atomic E-state index is 13.6. The molecule has 4 nitrogen and oxygen atoms in total. The molecule has 0 aliphatic rings. The second-order valence-electron chi connectivity index (χ2n) is 4.06. The predicted octanol–water partition coefficient (Wildman–Crippen LogP) is 2.99. The lowest BCUT2D eigenvalue weighted by Gasteiger charge is -2.08. The predicted molar refractivity (Wildman–Crippen MR) is 75.1 cm³/mol. The first-order valence-corrected chi connectivity index (χ1v) is 5.93. The van der Waals surface area contributed by atoms with Gasteiger partial charge in [0.2, 0.25) is 0 Å². The molecule has 0 heterocycles. The van der Waals surface area contributed by atoms with E-state index in [1.54, 1.807) is 31.3 Å². The Morgan fingerprint density at radius 3 is 2.60 bits per heavy atom. The van der Waals surface area contributed by atoms with Crippen molar-refractivity contribution in [3.8, 4) is 6.07 Å². The number of benzene rings is 2. The van der Waals surface area contributed by atoms with E-state index in [4.69, 9.17) is 5.26 Å². The average Bonchev–Trinajstić information content (AvgIpc) is 2.47. The van der Waals surface area contributed by atoms with Crippen LogP contribution in [0.5, 0.6) is 0 Å². The molecule has 0 saturated carbocycles. The second-order valence-corrected chi connectivity index (χ2v) is 4.06. The number of rotatable bonds is 3. The van der Waals surface area contributed by atoms with Gasteiger partial charge in [-0.05, 0) is 30.3 Å². The van der Waals surface area contributed by atoms with Gasteiger partial charge < -0.3 is 10.6 Å². The van der Waals surface area contributed by atoms with E-state index in [9.17, 15) is 9.18 Å². The van der Waals surface area contributed by atoms with Crippen molar-refractivity contribution in [2.45, 2.75) is 0 Å². The summed E-state index contributed by atoms with van der Waals surface area (Å²) in [6.45, 7) is 0. The van der Waals surface area contributed by atoms with Crippen LogP contribution < -0.4 is 10.6 Å². The number of carbonyl (C=O) groups excluding carboxylic acids is 1. The fourth-order valence-corrected chi connectivity index (χ4v) is 1.74. The molecule has 2 aromatic carbocycles. The molecule has 0 fully saturated rings. The number of para-hydroxylation sites is 1. The fourth-order valence-electron chi connectivity index (χ4n) is 1.74. The number of hydrogen-bond acceptors (Lipinski definition) is 3. The summed E-state index contributed by atoms with van der Waals surface area (Å²) in [6.07, 6.45) is 0. The average molecular weight is 269 g/mol. The summed E-state index contributed by atoms with van der Waals surface area (Å²) >= 11 is 0. The standard InChI is InChI=1S/C15H12FN3O/c1-18-14-7-6-10(8-12(14)16)15(20)19-13-5-3-2-4-11(13)9-17/h2-8,18H,1H3,(H,19,20). The highest BCUT2D eigenvalue weighted by Gasteiger charge is 2.11. The van der Waals surface area contributed by atoms with Crippen molar-refractivity contribution in [2.75, 3.05) is 17.7 Å². The third-order valence-corrected chi connectivity index (χ3v) is 2.80. The topological polar surface area (TPSA) is 64.9 Å². The van der Waals surface area contributed by atoms with Gasteiger partial charge in [0.05, 0.1) is 16.9 Å². The van der Waals surface area contributed by atoms with Gasteiger partial charge in [-0.2, -0.15) is 5.26 Å². The van der Waals surface area contributed by atoms with Crippen LogP contribution in [-0.4, -0.2) is 13.0 Å². The molecule has 2 aromatic rings. The number of amides is 1. The van der Waals surface area contributed by atoms with Gasteiger partial charge in [0.25, 0.3) is 5.91 Å². The molecule has 0 unspecified atom stereocenters. The first-order valence-electron chi connectivity index (χ1n) is 5.93. The van der Waals surface area contributed by atoms with Crippen molar-refractivity contribution in [1.82, 2.24) is 0 Å². The highest BCUT2D eigenvalue weighted by Crippen LogP contribution is 2.18. The molecule has 2 N–H and O–H groups in total. The molecule has 0 aliphatic heterocycles. The Morgan fingerprint density at radius 1 is 1.20 bits per heavy atom. The molecular weight excluding hydrogens is 257 g/mol. The molecule has 100 valence electrons. The third kappa shape index (κ3) is 2.75. The fraction of sp³-hybridized carbons (Fsp3) is 0.0667. The molecule has 0 spiro atoms. The van der Waals surface area contributed by atoms with Crippen LogP contribution in [0.15, 0.2) is 42.5 Å². The van der Waals surface area contributed by atoms with Crippen molar-refractivity contribution >= 4 is 17.3 Å². The van der Waals surface area contributed by atoms with Crippen LogP contribution in [0, 0.1) is 17.1 Å². The lowest BCUT2D eigenvalue weighted by Crippen LogP contribution is -2.13. The molecule has 20 heavy (non-hydrogen) atoms. The Hall–Kier alpha value is -2.87. The molecule has 2 rings (SSSR count). The lowest BCUT2D eigenvalue weighted by molar-refractivity contribution is 0.102. The largest absolute Gasteiger partial charge is 0.386 e. The summed E-state index contributed by atoms with van der Waals surface area (Å²) in [7, 11) is 1.60. The summed E-state index contributed by atoms with van der Waals surface area (Å²) in [5.74, 6) is -0.969. The van der Waals surface area contributed by atoms with Crippen LogP contribution in [-0.2, 0) is 0 Å². The van der Waals surface area contributed by atoms with Crippen LogP contribution in [0.1, 0.15) is 15.9 Å². The second kappa shape index (κ2) is 5.85. The van der Waals surface area contributed by atoms with E-state index in [1.807, 2.05) is 6.07 Å². The van der Waals surface area contributed by atoms with E-state index in [-0.39, 0.29) is 5.56 Å². The van der Waals surface area contributed by atoms with Gasteiger partial charge in [0.15, 0.2) is 0 Å². The molecular formula is C15H12FN3O. The molecule has 5 heteroatoms. The first-order chi connectivity index (χ1) is 9.65. The molecule has 0 bridgehead atoms. The van der Waals surface area contributed by atoms with Crippen molar-refractivity contribution in [1.29, 1.82) is 5.26 Å². The van der Waals surface area contributed by atoms with Crippen LogP contribution in [0.4, 0.5) is 15.8 Å². The normalized spacial score (nSPS) is 9.65. The number of carbonyl (C=O) groups is 1. The van der Waals surface area contributed by atoms with Gasteiger partial charge in [-0.25, -0.2) is 4.39 Å². The number of anilines is 2. The summed E-state index contributed by atoms with van der Waals surface area (Å²) in [6, 6.07) is 12.8. The van der Waals surface area contributed by atoms with Crippen LogP contribution in [0.2, 0.25) is 0 Å². The van der Waals surface area contributed by atoms with Gasteiger partial charge >= 0.3 is 0 Å². The number of halogens is 1. The zero-order valence-corrected chi connectivity index (χ0v) is 10.8. The van der Waals surface area contributed by atoms with E-state index in [0.29, 0.717) is 16.9 Å². The van der Waals surface area contributed by atoms with Crippen LogP contribution in [0.25, 0.3) is 0 Å². The van der Waals surface area contributed by atoms with Gasteiger partial charge in [0.1, 0.15) is 11.9 Å². The lowest BCUT2D eigenvalue weighted by atomic mass is 10.1.